The van der Waals surface area contributed by atoms with Crippen LogP contribution in [0.2, 0.25) is 0 Å². The summed E-state index contributed by atoms with van der Waals surface area (Å²) < 4.78 is 36.9. The molecule has 1 N–H and O–H groups in total. The Labute approximate surface area is 94.0 Å². The van der Waals surface area contributed by atoms with Crippen molar-refractivity contribution in [2.75, 3.05) is 0 Å². The van der Waals surface area contributed by atoms with Crippen LogP contribution in [0.3, 0.4) is 0 Å². The van der Waals surface area contributed by atoms with Crippen molar-refractivity contribution in [3.05, 3.63) is 52.6 Å². The van der Waals surface area contributed by atoms with Crippen molar-refractivity contribution in [2.24, 2.45) is 0 Å². The predicted molar refractivity (Wildman–Crippen MR) is 55.3 cm³/mol. The van der Waals surface area contributed by atoms with Crippen LogP contribution in [-0.2, 0) is 6.18 Å². The number of hydrogen-bond donors (Lipinski definition) is 1. The molecule has 0 spiro atoms. The number of alkyl halides is 3. The average Bonchev–Trinajstić information content (AvgIpc) is 2.28. The van der Waals surface area contributed by atoms with Crippen molar-refractivity contribution in [1.29, 1.82) is 0 Å². The zero-order valence-electron chi connectivity index (χ0n) is 8.45. The van der Waals surface area contributed by atoms with Crippen molar-refractivity contribution in [1.82, 2.24) is 9.97 Å². The number of aromatic amines is 1. The highest BCUT2D eigenvalue weighted by Gasteiger charge is 2.29. The Kier molecular flexibility index (Phi) is 2.71. The molecule has 0 radical (unpaired) electrons. The van der Waals surface area contributed by atoms with E-state index in [-0.39, 0.29) is 0 Å². The monoisotopic (exact) mass is 240 g/mol. The molecule has 0 unspecified atom stereocenters. The third-order valence-electron chi connectivity index (χ3n) is 2.18. The first-order valence-electron chi connectivity index (χ1n) is 4.70. The lowest BCUT2D eigenvalue weighted by atomic mass is 10.1. The molecule has 2 aromatic rings. The van der Waals surface area contributed by atoms with Crippen molar-refractivity contribution >= 4 is 0 Å². The minimum absolute atomic E-state index is 0.336. The second-order valence-corrected chi connectivity index (χ2v) is 3.35. The molecular formula is C11H7F3N2O. The number of aromatic nitrogens is 2. The molecule has 0 fully saturated rings. The predicted octanol–water partition coefficient (Wildman–Crippen LogP) is 2.46. The topological polar surface area (TPSA) is 45.8 Å². The fraction of sp³-hybridized carbons (Fsp3) is 0.0909. The molecule has 1 aromatic carbocycles. The van der Waals surface area contributed by atoms with E-state index in [0.29, 0.717) is 11.3 Å². The highest BCUT2D eigenvalue weighted by molar-refractivity contribution is 5.58. The second-order valence-electron chi connectivity index (χ2n) is 3.35. The summed E-state index contributed by atoms with van der Waals surface area (Å²) in [5.41, 5.74) is -0.472. The SMILES string of the molecule is O=c1nc(-c2ccc(C(F)(F)F)cc2)cc[nH]1. The standard InChI is InChI=1S/C11H7F3N2O/c12-11(13,14)8-3-1-7(2-4-8)9-5-6-15-10(17)16-9/h1-6H,(H,15,16,17). The van der Waals surface area contributed by atoms with Crippen LogP contribution in [0.5, 0.6) is 0 Å². The molecule has 0 amide bonds. The summed E-state index contributed by atoms with van der Waals surface area (Å²) in [7, 11) is 0. The van der Waals surface area contributed by atoms with E-state index in [1.54, 1.807) is 0 Å². The van der Waals surface area contributed by atoms with Gasteiger partial charge in [-0.05, 0) is 18.2 Å². The number of H-pyrrole nitrogens is 1. The first-order chi connectivity index (χ1) is 7.97. The third-order valence-corrected chi connectivity index (χ3v) is 2.18. The summed E-state index contributed by atoms with van der Waals surface area (Å²) in [6.07, 6.45) is -2.97. The van der Waals surface area contributed by atoms with Gasteiger partial charge in [-0.3, -0.25) is 0 Å². The van der Waals surface area contributed by atoms with Crippen molar-refractivity contribution in [2.45, 2.75) is 6.18 Å². The smallest absolute Gasteiger partial charge is 0.313 e. The molecule has 0 saturated heterocycles. The number of rotatable bonds is 1. The van der Waals surface area contributed by atoms with Crippen LogP contribution in [0.15, 0.2) is 41.3 Å². The van der Waals surface area contributed by atoms with Gasteiger partial charge in [-0.25, -0.2) is 4.79 Å². The molecule has 0 aliphatic rings. The van der Waals surface area contributed by atoms with E-state index in [0.717, 1.165) is 12.1 Å². The van der Waals surface area contributed by atoms with Gasteiger partial charge in [-0.1, -0.05) is 12.1 Å². The number of halogens is 3. The maximum Gasteiger partial charge on any atom is 0.416 e. The molecule has 17 heavy (non-hydrogen) atoms. The van der Waals surface area contributed by atoms with Gasteiger partial charge in [0.15, 0.2) is 0 Å². The molecule has 1 heterocycles. The van der Waals surface area contributed by atoms with Gasteiger partial charge in [-0.2, -0.15) is 18.2 Å². The molecular weight excluding hydrogens is 233 g/mol. The summed E-state index contributed by atoms with van der Waals surface area (Å²) in [4.78, 5) is 16.9. The first-order valence-corrected chi connectivity index (χ1v) is 4.70. The van der Waals surface area contributed by atoms with Crippen LogP contribution < -0.4 is 5.69 Å². The van der Waals surface area contributed by atoms with Gasteiger partial charge in [-0.15, -0.1) is 0 Å². The minimum atomic E-state index is -4.36. The molecule has 0 bridgehead atoms. The quantitative estimate of drug-likeness (QED) is 0.832. The highest BCUT2D eigenvalue weighted by atomic mass is 19.4. The molecule has 2 rings (SSSR count). The highest BCUT2D eigenvalue weighted by Crippen LogP contribution is 2.30. The van der Waals surface area contributed by atoms with Gasteiger partial charge in [0.1, 0.15) is 0 Å². The molecule has 0 aliphatic carbocycles. The lowest BCUT2D eigenvalue weighted by Crippen LogP contribution is -2.09. The molecule has 88 valence electrons. The maximum absolute atomic E-state index is 12.3. The lowest BCUT2D eigenvalue weighted by Gasteiger charge is -2.06. The summed E-state index contributed by atoms with van der Waals surface area (Å²) >= 11 is 0. The van der Waals surface area contributed by atoms with Gasteiger partial charge in [0.25, 0.3) is 0 Å². The van der Waals surface area contributed by atoms with Crippen LogP contribution in [0.1, 0.15) is 5.56 Å². The largest absolute Gasteiger partial charge is 0.416 e. The Balaban J connectivity index is 2.39. The van der Waals surface area contributed by atoms with E-state index in [1.165, 1.54) is 24.4 Å². The zero-order chi connectivity index (χ0) is 12.5. The van der Waals surface area contributed by atoms with Crippen molar-refractivity contribution in [3.63, 3.8) is 0 Å². The van der Waals surface area contributed by atoms with Crippen LogP contribution in [-0.4, -0.2) is 9.97 Å². The van der Waals surface area contributed by atoms with E-state index in [9.17, 15) is 18.0 Å². The summed E-state index contributed by atoms with van der Waals surface area (Å²) in [6, 6.07) is 6.00. The van der Waals surface area contributed by atoms with E-state index in [2.05, 4.69) is 9.97 Å². The third kappa shape index (κ3) is 2.52. The molecule has 3 nitrogen and oxygen atoms in total. The van der Waals surface area contributed by atoms with E-state index in [1.807, 2.05) is 0 Å². The Bertz CT molecular complexity index is 572. The summed E-state index contributed by atoms with van der Waals surface area (Å²) in [6.45, 7) is 0. The Morgan fingerprint density at radius 3 is 2.24 bits per heavy atom. The Morgan fingerprint density at radius 1 is 1.06 bits per heavy atom. The van der Waals surface area contributed by atoms with Gasteiger partial charge in [0.2, 0.25) is 0 Å². The van der Waals surface area contributed by atoms with Crippen molar-refractivity contribution < 1.29 is 13.2 Å². The average molecular weight is 240 g/mol. The van der Waals surface area contributed by atoms with Gasteiger partial charge in [0, 0.05) is 11.8 Å². The second kappa shape index (κ2) is 4.04. The van der Waals surface area contributed by atoms with E-state index < -0.39 is 17.4 Å². The van der Waals surface area contributed by atoms with Gasteiger partial charge < -0.3 is 4.98 Å². The Hall–Kier alpha value is -2.11. The molecule has 6 heteroatoms. The zero-order valence-corrected chi connectivity index (χ0v) is 8.45. The maximum atomic E-state index is 12.3. The molecule has 1 aromatic heterocycles. The molecule has 0 atom stereocenters. The van der Waals surface area contributed by atoms with Crippen LogP contribution >= 0.6 is 0 Å². The molecule has 0 saturated carbocycles. The summed E-state index contributed by atoms with van der Waals surface area (Å²) in [5.74, 6) is 0. The number of nitrogens with zero attached hydrogens (tertiary/aromatic N) is 1. The number of nitrogens with one attached hydrogen (secondary N) is 1. The van der Waals surface area contributed by atoms with Crippen LogP contribution in [0, 0.1) is 0 Å². The lowest BCUT2D eigenvalue weighted by molar-refractivity contribution is -0.137. The van der Waals surface area contributed by atoms with Gasteiger partial charge >= 0.3 is 11.9 Å². The van der Waals surface area contributed by atoms with Crippen molar-refractivity contribution in [3.8, 4) is 11.3 Å². The van der Waals surface area contributed by atoms with E-state index >= 15 is 0 Å². The minimum Gasteiger partial charge on any atom is -0.313 e. The van der Waals surface area contributed by atoms with Crippen LogP contribution in [0.4, 0.5) is 13.2 Å². The summed E-state index contributed by atoms with van der Waals surface area (Å²) in [5, 5.41) is 0. The number of benzene rings is 1. The normalized spacial score (nSPS) is 11.5. The number of hydrogen-bond acceptors (Lipinski definition) is 2. The first kappa shape index (κ1) is 11.4. The fourth-order valence-electron chi connectivity index (χ4n) is 1.36. The molecule has 0 aliphatic heterocycles. The van der Waals surface area contributed by atoms with Crippen LogP contribution in [0.25, 0.3) is 11.3 Å². The van der Waals surface area contributed by atoms with E-state index in [4.69, 9.17) is 0 Å². The Morgan fingerprint density at radius 2 is 1.71 bits per heavy atom. The fourth-order valence-corrected chi connectivity index (χ4v) is 1.36. The van der Waals surface area contributed by atoms with Gasteiger partial charge in [0.05, 0.1) is 11.3 Å².